The average Bonchev–Trinajstić information content (AvgIpc) is 3.34. The molecule has 6 amide bonds. The SMILES string of the molecule is CCCCCCCCCC(=O)NCCNC(=O)c1cc(NC(=O)CN(C[C@@H](N)CCCCN)C(=O)CC23CC4CC(CC(C4)C2)C3)cc(NC(=O)CN(C[C@@H](N)CCCCN)C(=O)CC23CC4CC(CC(C4)C2)C3)c1. The van der Waals surface area contributed by atoms with Crippen LogP contribution in [0.3, 0.4) is 0 Å². The molecule has 1 aromatic rings. The number of nitrogens with zero attached hydrogens (tertiary/aromatic N) is 2. The third kappa shape index (κ3) is 18.0. The summed E-state index contributed by atoms with van der Waals surface area (Å²) in [5.74, 6) is 2.52. The van der Waals surface area contributed by atoms with Crippen LogP contribution in [0.2, 0.25) is 0 Å². The summed E-state index contributed by atoms with van der Waals surface area (Å²) in [4.78, 5) is 87.0. The van der Waals surface area contributed by atoms with Gasteiger partial charge in [0.2, 0.25) is 29.5 Å². The van der Waals surface area contributed by atoms with Crippen LogP contribution in [0.4, 0.5) is 11.4 Å². The summed E-state index contributed by atoms with van der Waals surface area (Å²) in [6, 6.07) is 4.02. The van der Waals surface area contributed by atoms with E-state index in [4.69, 9.17) is 22.9 Å². The maximum atomic E-state index is 14.4. The molecule has 2 atom stereocenters. The molecule has 0 heterocycles. The maximum absolute atomic E-state index is 14.4. The third-order valence-electron chi connectivity index (χ3n) is 18.2. The van der Waals surface area contributed by atoms with Crippen molar-refractivity contribution in [3.63, 3.8) is 0 Å². The van der Waals surface area contributed by atoms with Gasteiger partial charge in [0.1, 0.15) is 0 Å². The van der Waals surface area contributed by atoms with E-state index in [1.807, 2.05) is 0 Å². The first-order chi connectivity index (χ1) is 36.1. The Morgan fingerprint density at radius 3 is 1.35 bits per heavy atom. The highest BCUT2D eigenvalue weighted by atomic mass is 16.2. The van der Waals surface area contributed by atoms with Crippen LogP contribution in [0, 0.1) is 46.3 Å². The van der Waals surface area contributed by atoms with Gasteiger partial charge in [-0.2, -0.15) is 0 Å². The van der Waals surface area contributed by atoms with Gasteiger partial charge >= 0.3 is 0 Å². The molecule has 8 saturated carbocycles. The first kappa shape index (κ1) is 58.6. The Bertz CT molecular complexity index is 1880. The number of carbonyl (C=O) groups excluding carboxylic acids is 6. The summed E-state index contributed by atoms with van der Waals surface area (Å²) in [6.07, 6.45) is 27.7. The molecule has 9 rings (SSSR count). The molecule has 8 bridgehead atoms. The molecule has 1 aromatic carbocycles. The largest absolute Gasteiger partial charge is 0.354 e. The average molecular weight is 1040 g/mol. The van der Waals surface area contributed by atoms with Gasteiger partial charge in [-0.15, -0.1) is 0 Å². The summed E-state index contributed by atoms with van der Waals surface area (Å²) in [5, 5.41) is 11.7. The van der Waals surface area contributed by atoms with Crippen LogP contribution >= 0.6 is 0 Å². The molecule has 8 fully saturated rings. The lowest BCUT2D eigenvalue weighted by Crippen LogP contribution is -2.50. The molecule has 0 aliphatic heterocycles. The van der Waals surface area contributed by atoms with E-state index in [0.717, 1.165) is 83.5 Å². The van der Waals surface area contributed by atoms with Crippen LogP contribution in [-0.2, 0) is 24.0 Å². The van der Waals surface area contributed by atoms with Crippen LogP contribution in [-0.4, -0.2) is 110 Å². The van der Waals surface area contributed by atoms with Crippen molar-refractivity contribution in [3.05, 3.63) is 23.8 Å². The van der Waals surface area contributed by atoms with Gasteiger partial charge < -0.3 is 54.0 Å². The highest BCUT2D eigenvalue weighted by Crippen LogP contribution is 2.62. The fourth-order valence-electron chi connectivity index (χ4n) is 15.7. The molecular weight excluding hydrogens is 945 g/mol. The molecule has 420 valence electrons. The lowest BCUT2D eigenvalue weighted by Gasteiger charge is -2.57. The third-order valence-corrected chi connectivity index (χ3v) is 18.2. The molecule has 0 radical (unpaired) electrons. The normalized spacial score (nSPS) is 26.6. The minimum Gasteiger partial charge on any atom is -0.354 e. The first-order valence-electron chi connectivity index (χ1n) is 29.9. The molecule has 16 nitrogen and oxygen atoms in total. The minimum absolute atomic E-state index is 0.0279. The summed E-state index contributed by atoms with van der Waals surface area (Å²) in [7, 11) is 0. The second kappa shape index (κ2) is 28.5. The van der Waals surface area contributed by atoms with Gasteiger partial charge in [-0.3, -0.25) is 28.8 Å². The smallest absolute Gasteiger partial charge is 0.251 e. The Labute approximate surface area is 449 Å². The number of benzene rings is 1. The topological polar surface area (TPSA) is 261 Å². The minimum atomic E-state index is -0.463. The second-order valence-corrected chi connectivity index (χ2v) is 25.2. The zero-order valence-corrected chi connectivity index (χ0v) is 46.0. The van der Waals surface area contributed by atoms with Gasteiger partial charge in [0, 0.05) is 74.5 Å². The zero-order chi connectivity index (χ0) is 53.4. The Morgan fingerprint density at radius 2 is 0.933 bits per heavy atom. The van der Waals surface area contributed by atoms with E-state index < -0.39 is 17.7 Å². The molecular formula is C59H98N10O6. The first-order valence-corrected chi connectivity index (χ1v) is 29.9. The lowest BCUT2D eigenvalue weighted by atomic mass is 9.49. The highest BCUT2D eigenvalue weighted by molar-refractivity contribution is 6.02. The monoisotopic (exact) mass is 1040 g/mol. The number of amides is 6. The van der Waals surface area contributed by atoms with Gasteiger partial charge in [0.05, 0.1) is 13.1 Å². The van der Waals surface area contributed by atoms with Crippen molar-refractivity contribution in [2.75, 3.05) is 63.0 Å². The Hall–Kier alpha value is -4.12. The quantitative estimate of drug-likeness (QED) is 0.0319. The molecule has 8 aliphatic carbocycles. The molecule has 75 heavy (non-hydrogen) atoms. The van der Waals surface area contributed by atoms with Crippen molar-refractivity contribution in [1.29, 1.82) is 0 Å². The van der Waals surface area contributed by atoms with E-state index in [0.29, 0.717) is 80.7 Å². The Kier molecular flexibility index (Phi) is 22.2. The zero-order valence-electron chi connectivity index (χ0n) is 46.0. The highest BCUT2D eigenvalue weighted by Gasteiger charge is 2.53. The molecule has 12 N–H and O–H groups in total. The van der Waals surface area contributed by atoms with Gasteiger partial charge in [0.15, 0.2) is 0 Å². The summed E-state index contributed by atoms with van der Waals surface area (Å²) < 4.78 is 0. The van der Waals surface area contributed by atoms with Crippen LogP contribution < -0.4 is 44.2 Å². The predicted molar refractivity (Wildman–Crippen MR) is 297 cm³/mol. The number of anilines is 2. The van der Waals surface area contributed by atoms with Crippen LogP contribution in [0.25, 0.3) is 0 Å². The van der Waals surface area contributed by atoms with Gasteiger partial charge in [0.25, 0.3) is 5.91 Å². The van der Waals surface area contributed by atoms with Crippen LogP contribution in [0.5, 0.6) is 0 Å². The number of nitrogens with two attached hydrogens (primary N) is 4. The van der Waals surface area contributed by atoms with E-state index in [1.165, 1.54) is 64.2 Å². The van der Waals surface area contributed by atoms with Crippen molar-refractivity contribution in [3.8, 4) is 0 Å². The van der Waals surface area contributed by atoms with E-state index in [1.54, 1.807) is 28.0 Å². The summed E-state index contributed by atoms with van der Waals surface area (Å²) >= 11 is 0. The second-order valence-electron chi connectivity index (χ2n) is 25.2. The molecule has 0 saturated heterocycles. The van der Waals surface area contributed by atoms with E-state index >= 15 is 0 Å². The predicted octanol–water partition coefficient (Wildman–Crippen LogP) is 7.33. The lowest BCUT2D eigenvalue weighted by molar-refractivity contribution is -0.142. The number of unbranched alkanes of at least 4 members (excludes halogenated alkanes) is 8. The number of hydrogen-bond donors (Lipinski definition) is 8. The molecule has 0 aromatic heterocycles. The van der Waals surface area contributed by atoms with Crippen molar-refractivity contribution < 1.29 is 28.8 Å². The number of nitrogens with one attached hydrogen (secondary N) is 4. The summed E-state index contributed by atoms with van der Waals surface area (Å²) in [5.41, 5.74) is 25.5. The summed E-state index contributed by atoms with van der Waals surface area (Å²) in [6.45, 7) is 3.73. The van der Waals surface area contributed by atoms with Crippen molar-refractivity contribution in [2.45, 2.75) is 199 Å². The molecule has 0 spiro atoms. The van der Waals surface area contributed by atoms with Gasteiger partial charge in [-0.25, -0.2) is 0 Å². The van der Waals surface area contributed by atoms with Crippen molar-refractivity contribution >= 4 is 46.8 Å². The molecule has 16 heteroatoms. The van der Waals surface area contributed by atoms with E-state index in [9.17, 15) is 28.8 Å². The van der Waals surface area contributed by atoms with Crippen molar-refractivity contribution in [2.24, 2.45) is 69.3 Å². The molecule has 0 unspecified atom stereocenters. The number of hydrogen-bond acceptors (Lipinski definition) is 10. The Balaban J connectivity index is 1.04. The fraction of sp³-hybridized carbons (Fsp3) is 0.797. The van der Waals surface area contributed by atoms with E-state index in [2.05, 4.69) is 28.2 Å². The fourth-order valence-corrected chi connectivity index (χ4v) is 15.7. The van der Waals surface area contributed by atoms with Crippen molar-refractivity contribution in [1.82, 2.24) is 20.4 Å². The van der Waals surface area contributed by atoms with Gasteiger partial charge in [-0.1, -0.05) is 58.3 Å². The maximum Gasteiger partial charge on any atom is 0.251 e. The van der Waals surface area contributed by atoms with Crippen LogP contribution in [0.1, 0.15) is 197 Å². The van der Waals surface area contributed by atoms with Crippen LogP contribution in [0.15, 0.2) is 18.2 Å². The number of carbonyl (C=O) groups is 6. The van der Waals surface area contributed by atoms with E-state index in [-0.39, 0.29) is 96.8 Å². The molecule has 8 aliphatic rings. The van der Waals surface area contributed by atoms with Gasteiger partial charge in [-0.05, 0) is 187 Å². The number of rotatable bonds is 34. The Morgan fingerprint density at radius 1 is 0.533 bits per heavy atom. The standard InChI is InChI=1S/C59H98N10O6/c1-2-3-4-5-6-7-8-15-52(70)64-18-19-65-57(75)47-26-50(66-53(71)39-68(37-48(62)13-9-11-16-60)55(73)35-58-29-41-20-42(30-58)22-43(21-41)31-58)28-51(27-47)67-54(72)40-69(38-49(63)14-10-12-17-61)56(74)36-59-32-44-23-45(33-59)25-46(24-44)34-59/h26-28,41-46,48-49H,2-25,29-40,60-63H2,1H3,(H,64,70)(H,65,75)(H,66,71)(H,67,72)/t41?,42?,43?,44?,45?,46?,48-,49-,58?,59?/m0/s1.